The monoisotopic (exact) mass is 346 g/mol. The third-order valence-corrected chi connectivity index (χ3v) is 4.14. The highest BCUT2D eigenvalue weighted by Gasteiger charge is 2.57. The maximum absolute atomic E-state index is 12.7. The fourth-order valence-electron chi connectivity index (χ4n) is 2.59. The number of benzene rings is 1. The lowest BCUT2D eigenvalue weighted by Gasteiger charge is -2.25. The molecular formula is C16H21F3N2O3. The second-order valence-corrected chi connectivity index (χ2v) is 5.88. The topological polar surface area (TPSA) is 61.8 Å². The summed E-state index contributed by atoms with van der Waals surface area (Å²) in [4.78, 5) is 12.9. The SMILES string of the molecule is COc1ccc(CCCNC(=O)N2CCC(O)(C(F)(F)F)C2)cc1. The number of aliphatic hydroxyl groups is 1. The van der Waals surface area contributed by atoms with Crippen LogP contribution in [-0.2, 0) is 6.42 Å². The molecule has 1 unspecified atom stereocenters. The van der Waals surface area contributed by atoms with Gasteiger partial charge in [-0.15, -0.1) is 0 Å². The number of urea groups is 1. The van der Waals surface area contributed by atoms with E-state index in [4.69, 9.17) is 4.74 Å². The minimum absolute atomic E-state index is 0.111. The van der Waals surface area contributed by atoms with Crippen LogP contribution in [0.4, 0.5) is 18.0 Å². The predicted octanol–water partition coefficient (Wildman–Crippen LogP) is 2.34. The van der Waals surface area contributed by atoms with Crippen molar-refractivity contribution in [2.24, 2.45) is 0 Å². The molecule has 2 rings (SSSR count). The van der Waals surface area contributed by atoms with E-state index in [-0.39, 0.29) is 6.54 Å². The molecule has 134 valence electrons. The number of hydrogen-bond donors (Lipinski definition) is 2. The first-order chi connectivity index (χ1) is 11.2. The minimum atomic E-state index is -4.73. The number of ether oxygens (including phenoxy) is 1. The summed E-state index contributed by atoms with van der Waals surface area (Å²) in [5, 5.41) is 12.1. The highest BCUT2D eigenvalue weighted by atomic mass is 19.4. The van der Waals surface area contributed by atoms with E-state index in [2.05, 4.69) is 5.32 Å². The number of carbonyl (C=O) groups excluding carboxylic acids is 1. The molecule has 8 heteroatoms. The van der Waals surface area contributed by atoms with Gasteiger partial charge in [-0.2, -0.15) is 13.2 Å². The van der Waals surface area contributed by atoms with Crippen molar-refractivity contribution < 1.29 is 27.8 Å². The first-order valence-corrected chi connectivity index (χ1v) is 7.70. The van der Waals surface area contributed by atoms with Gasteiger partial charge in [-0.3, -0.25) is 0 Å². The smallest absolute Gasteiger partial charge is 0.419 e. The molecule has 1 heterocycles. The Morgan fingerprint density at radius 2 is 2.04 bits per heavy atom. The molecule has 0 saturated carbocycles. The van der Waals surface area contributed by atoms with Crippen molar-refractivity contribution in [1.29, 1.82) is 0 Å². The quantitative estimate of drug-likeness (QED) is 0.805. The zero-order valence-corrected chi connectivity index (χ0v) is 13.4. The first kappa shape index (κ1) is 18.4. The van der Waals surface area contributed by atoms with Gasteiger partial charge in [0.2, 0.25) is 0 Å². The Bertz CT molecular complexity index is 563. The summed E-state index contributed by atoms with van der Waals surface area (Å²) in [7, 11) is 1.59. The van der Waals surface area contributed by atoms with E-state index in [1.807, 2.05) is 24.3 Å². The van der Waals surface area contributed by atoms with E-state index < -0.39 is 30.8 Å². The van der Waals surface area contributed by atoms with Crippen LogP contribution in [0.15, 0.2) is 24.3 Å². The van der Waals surface area contributed by atoms with Gasteiger partial charge in [0.25, 0.3) is 0 Å². The second kappa shape index (κ2) is 7.29. The second-order valence-electron chi connectivity index (χ2n) is 5.88. The first-order valence-electron chi connectivity index (χ1n) is 7.70. The van der Waals surface area contributed by atoms with E-state index in [0.29, 0.717) is 13.0 Å². The van der Waals surface area contributed by atoms with Crippen LogP contribution in [0.3, 0.4) is 0 Å². The van der Waals surface area contributed by atoms with Gasteiger partial charge in [-0.1, -0.05) is 12.1 Å². The number of β-amino-alcohol motifs (C(OH)–C–C–N with tert-alkyl or cyclic N) is 1. The highest BCUT2D eigenvalue weighted by molar-refractivity contribution is 5.74. The third kappa shape index (κ3) is 4.31. The van der Waals surface area contributed by atoms with Crippen molar-refractivity contribution >= 4 is 6.03 Å². The van der Waals surface area contributed by atoms with Crippen LogP contribution in [0.2, 0.25) is 0 Å². The van der Waals surface area contributed by atoms with E-state index in [0.717, 1.165) is 22.6 Å². The molecule has 0 spiro atoms. The Morgan fingerprint density at radius 3 is 2.58 bits per heavy atom. The molecule has 24 heavy (non-hydrogen) atoms. The van der Waals surface area contributed by atoms with Crippen LogP contribution in [-0.4, -0.2) is 54.6 Å². The number of nitrogens with one attached hydrogen (secondary N) is 1. The van der Waals surface area contributed by atoms with Gasteiger partial charge < -0.3 is 20.1 Å². The minimum Gasteiger partial charge on any atom is -0.497 e. The van der Waals surface area contributed by atoms with Gasteiger partial charge in [-0.25, -0.2) is 4.79 Å². The summed E-state index contributed by atoms with van der Waals surface area (Å²) in [5.74, 6) is 0.762. The van der Waals surface area contributed by atoms with Crippen LogP contribution in [0.1, 0.15) is 18.4 Å². The van der Waals surface area contributed by atoms with Crippen LogP contribution < -0.4 is 10.1 Å². The molecule has 2 N–H and O–H groups in total. The molecule has 1 fully saturated rings. The number of amides is 2. The molecule has 1 aromatic rings. The van der Waals surface area contributed by atoms with Crippen molar-refractivity contribution in [3.05, 3.63) is 29.8 Å². The van der Waals surface area contributed by atoms with Crippen LogP contribution in [0.5, 0.6) is 5.75 Å². The number of rotatable bonds is 5. The van der Waals surface area contributed by atoms with Crippen molar-refractivity contribution in [3.8, 4) is 5.75 Å². The van der Waals surface area contributed by atoms with Gasteiger partial charge in [0.1, 0.15) is 5.75 Å². The van der Waals surface area contributed by atoms with E-state index >= 15 is 0 Å². The van der Waals surface area contributed by atoms with Crippen LogP contribution in [0.25, 0.3) is 0 Å². The molecule has 0 aromatic heterocycles. The van der Waals surface area contributed by atoms with Crippen molar-refractivity contribution in [2.45, 2.75) is 31.0 Å². The molecule has 1 aliphatic rings. The largest absolute Gasteiger partial charge is 0.497 e. The molecular weight excluding hydrogens is 325 g/mol. The zero-order valence-electron chi connectivity index (χ0n) is 13.4. The van der Waals surface area contributed by atoms with Gasteiger partial charge in [0.05, 0.1) is 13.7 Å². The maximum Gasteiger partial charge on any atom is 0.419 e. The van der Waals surface area contributed by atoms with Gasteiger partial charge in [0, 0.05) is 19.5 Å². The summed E-state index contributed by atoms with van der Waals surface area (Å²) < 4.78 is 43.2. The lowest BCUT2D eigenvalue weighted by Crippen LogP contribution is -2.49. The molecule has 0 bridgehead atoms. The van der Waals surface area contributed by atoms with Crippen molar-refractivity contribution in [1.82, 2.24) is 10.2 Å². The summed E-state index contributed by atoms with van der Waals surface area (Å²) in [6, 6.07) is 6.95. The molecule has 1 atom stereocenters. The molecule has 0 radical (unpaired) electrons. The average Bonchev–Trinajstić information content (AvgIpc) is 2.95. The normalized spacial score (nSPS) is 21.0. The number of aryl methyl sites for hydroxylation is 1. The summed E-state index contributed by atoms with van der Waals surface area (Å²) in [6.07, 6.45) is -3.82. The summed E-state index contributed by atoms with van der Waals surface area (Å²) in [6.45, 7) is -0.479. The average molecular weight is 346 g/mol. The number of carbonyl (C=O) groups is 1. The lowest BCUT2D eigenvalue weighted by molar-refractivity contribution is -0.253. The van der Waals surface area contributed by atoms with Crippen molar-refractivity contribution in [3.63, 3.8) is 0 Å². The van der Waals surface area contributed by atoms with Crippen LogP contribution in [0, 0.1) is 0 Å². The maximum atomic E-state index is 12.7. The lowest BCUT2D eigenvalue weighted by atomic mass is 10.0. The predicted molar refractivity (Wildman–Crippen MR) is 81.9 cm³/mol. The highest BCUT2D eigenvalue weighted by Crippen LogP contribution is 2.37. The number of methoxy groups -OCH3 is 1. The summed E-state index contributed by atoms with van der Waals surface area (Å²) in [5.41, 5.74) is -1.72. The fraction of sp³-hybridized carbons (Fsp3) is 0.562. The Kier molecular flexibility index (Phi) is 5.58. The van der Waals surface area contributed by atoms with Crippen molar-refractivity contribution in [2.75, 3.05) is 26.7 Å². The van der Waals surface area contributed by atoms with Gasteiger partial charge in [-0.05, 0) is 30.5 Å². The standard InChI is InChI=1S/C16H21F3N2O3/c1-24-13-6-4-12(5-7-13)3-2-9-20-14(22)21-10-8-15(23,11-21)16(17,18)19/h4-7,23H,2-3,8-11H2,1H3,(H,20,22). The molecule has 1 saturated heterocycles. The zero-order chi connectivity index (χ0) is 17.8. The Morgan fingerprint density at radius 1 is 1.38 bits per heavy atom. The van der Waals surface area contributed by atoms with Crippen LogP contribution >= 0.6 is 0 Å². The Hall–Kier alpha value is -1.96. The number of hydrogen-bond acceptors (Lipinski definition) is 3. The fourth-order valence-corrected chi connectivity index (χ4v) is 2.59. The summed E-state index contributed by atoms with van der Waals surface area (Å²) >= 11 is 0. The number of alkyl halides is 3. The third-order valence-electron chi connectivity index (χ3n) is 4.14. The number of likely N-dealkylation sites (tertiary alicyclic amines) is 1. The Balaban J connectivity index is 1.72. The Labute approximate surface area is 138 Å². The van der Waals surface area contributed by atoms with Gasteiger partial charge in [0.15, 0.2) is 5.60 Å². The van der Waals surface area contributed by atoms with E-state index in [1.54, 1.807) is 7.11 Å². The molecule has 0 aliphatic carbocycles. The molecule has 1 aromatic carbocycles. The van der Waals surface area contributed by atoms with E-state index in [1.165, 1.54) is 0 Å². The van der Waals surface area contributed by atoms with Gasteiger partial charge >= 0.3 is 12.2 Å². The molecule has 5 nitrogen and oxygen atoms in total. The number of halogens is 3. The van der Waals surface area contributed by atoms with E-state index in [9.17, 15) is 23.1 Å². The number of nitrogens with zero attached hydrogens (tertiary/aromatic N) is 1. The molecule has 1 aliphatic heterocycles. The molecule has 2 amide bonds.